The van der Waals surface area contributed by atoms with Gasteiger partial charge in [0.1, 0.15) is 42.3 Å². The Morgan fingerprint density at radius 2 is 1.15 bits per heavy atom. The zero-order chi connectivity index (χ0) is 49.6. The molecule has 366 valence electrons. The number of hydrogen-bond acceptors (Lipinski definition) is 13. The van der Waals surface area contributed by atoms with Crippen LogP contribution in [0.25, 0.3) is 0 Å². The number of nitrogens with two attached hydrogens (primary N) is 2. The number of unbranched alkanes of at least 4 members (excludes halogenated alkanes) is 1. The van der Waals surface area contributed by atoms with Crippen LogP contribution in [-0.4, -0.2) is 153 Å². The fraction of sp³-hybridized carbons (Fsp3) is 0.500. The number of rotatable bonds is 28. The van der Waals surface area contributed by atoms with Crippen LogP contribution >= 0.6 is 0 Å². The third-order valence-corrected chi connectivity index (χ3v) is 10.8. The number of carboxylic acid groups (broad SMARTS) is 3. The van der Waals surface area contributed by atoms with Gasteiger partial charge in [0.25, 0.3) is 0 Å². The molecule has 0 spiro atoms. The lowest BCUT2D eigenvalue weighted by Crippen LogP contribution is -2.60. The minimum absolute atomic E-state index is 0.0186. The lowest BCUT2D eigenvalue weighted by Gasteiger charge is -2.28. The summed E-state index contributed by atoms with van der Waals surface area (Å²) >= 11 is 0. The summed E-state index contributed by atoms with van der Waals surface area (Å²) in [6.07, 6.45) is -0.556. The molecule has 3 rings (SSSR count). The summed E-state index contributed by atoms with van der Waals surface area (Å²) in [6.45, 7) is 0.727. The number of hydrogen-bond donors (Lipinski definition) is 12. The molecule has 0 radical (unpaired) electrons. The molecule has 7 amide bonds. The van der Waals surface area contributed by atoms with Gasteiger partial charge in [-0.2, -0.15) is 0 Å². The van der Waals surface area contributed by atoms with Gasteiger partial charge in [-0.25, -0.2) is 4.79 Å². The number of likely N-dealkylation sites (tertiary alicyclic amines) is 1. The largest absolute Gasteiger partial charge is 0.481 e. The van der Waals surface area contributed by atoms with E-state index in [0.717, 1.165) is 4.90 Å². The molecule has 2 aromatic carbocycles. The topological polar surface area (TPSA) is 379 Å². The Bertz CT molecular complexity index is 2040. The maximum absolute atomic E-state index is 14.2. The number of aliphatic hydroxyl groups excluding tert-OH is 1. The van der Waals surface area contributed by atoms with Gasteiger partial charge in [-0.1, -0.05) is 60.7 Å². The molecule has 0 aliphatic carbocycles. The van der Waals surface area contributed by atoms with Crippen molar-refractivity contribution in [3.05, 3.63) is 71.8 Å². The fourth-order valence-corrected chi connectivity index (χ4v) is 7.15. The van der Waals surface area contributed by atoms with Crippen LogP contribution in [0.2, 0.25) is 0 Å². The molecule has 23 nitrogen and oxygen atoms in total. The van der Waals surface area contributed by atoms with Crippen LogP contribution in [-0.2, 0) is 60.8 Å². The van der Waals surface area contributed by atoms with E-state index in [0.29, 0.717) is 30.4 Å². The van der Waals surface area contributed by atoms with E-state index in [2.05, 4.69) is 31.9 Å². The molecule has 2 aromatic rings. The van der Waals surface area contributed by atoms with E-state index < -0.39 is 133 Å². The maximum Gasteiger partial charge on any atom is 0.326 e. The highest BCUT2D eigenvalue weighted by molar-refractivity contribution is 5.98. The molecule has 0 saturated carbocycles. The van der Waals surface area contributed by atoms with E-state index in [1.807, 2.05) is 0 Å². The van der Waals surface area contributed by atoms with Crippen LogP contribution < -0.4 is 43.4 Å². The van der Waals surface area contributed by atoms with Gasteiger partial charge < -0.3 is 68.7 Å². The molecular formula is C44H61N9O14. The predicted molar refractivity (Wildman–Crippen MR) is 237 cm³/mol. The summed E-state index contributed by atoms with van der Waals surface area (Å²) in [7, 11) is 0. The van der Waals surface area contributed by atoms with Gasteiger partial charge in [0.15, 0.2) is 0 Å². The van der Waals surface area contributed by atoms with E-state index in [1.54, 1.807) is 60.7 Å². The smallest absolute Gasteiger partial charge is 0.326 e. The zero-order valence-corrected chi connectivity index (χ0v) is 37.1. The van der Waals surface area contributed by atoms with Gasteiger partial charge in [-0.3, -0.25) is 43.2 Å². The first-order valence-corrected chi connectivity index (χ1v) is 21.8. The van der Waals surface area contributed by atoms with Crippen LogP contribution in [0, 0.1) is 0 Å². The highest BCUT2D eigenvalue weighted by atomic mass is 16.4. The minimum Gasteiger partial charge on any atom is -0.481 e. The SMILES string of the molecule is C[C@H](NC(=O)[C@H](Cc1ccccc1)NC(=O)[C@H](Cc1ccccc1)NC(=O)[C@H](CO)NC(=O)[C@@H]1CCCN1C(=O)[C@@H](N)CC(=O)O)C(=O)N[C@@H](CCCCN)C(=O)N[C@@H](CCC(=O)O)C(=O)O. The number of aliphatic hydroxyl groups is 1. The number of aliphatic carboxylic acids is 3. The molecule has 1 aliphatic rings. The number of nitrogens with one attached hydrogen (secondary N) is 6. The molecule has 1 heterocycles. The molecule has 8 atom stereocenters. The van der Waals surface area contributed by atoms with Crippen LogP contribution in [0.5, 0.6) is 0 Å². The Hall–Kier alpha value is -6.98. The van der Waals surface area contributed by atoms with E-state index >= 15 is 0 Å². The first-order chi connectivity index (χ1) is 31.8. The maximum atomic E-state index is 14.2. The van der Waals surface area contributed by atoms with E-state index in [9.17, 15) is 58.2 Å². The first-order valence-electron chi connectivity index (χ1n) is 21.8. The third kappa shape index (κ3) is 18.1. The number of amides is 7. The predicted octanol–water partition coefficient (Wildman–Crippen LogP) is -2.74. The van der Waals surface area contributed by atoms with E-state index in [-0.39, 0.29) is 38.8 Å². The summed E-state index contributed by atoms with van der Waals surface area (Å²) in [5.74, 6) is -10.2. The van der Waals surface area contributed by atoms with Crippen molar-refractivity contribution in [3.8, 4) is 0 Å². The highest BCUT2D eigenvalue weighted by Gasteiger charge is 2.39. The summed E-state index contributed by atoms with van der Waals surface area (Å²) in [6, 6.07) is 5.73. The summed E-state index contributed by atoms with van der Waals surface area (Å²) in [5, 5.41) is 52.8. The second-order valence-electron chi connectivity index (χ2n) is 16.0. The van der Waals surface area contributed by atoms with Gasteiger partial charge in [0, 0.05) is 25.8 Å². The standard InChI is InChI=1S/C44H61N9O14/c1-25(37(59)48-29(15-8-9-19-45)38(60)49-30(44(66)67)17-18-35(55)56)47-39(61)31(21-26-11-4-2-5-12-26)50-40(62)32(22-27-13-6-3-7-14-27)51-41(63)33(24-54)52-42(64)34-16-10-20-53(34)43(65)28(46)23-36(57)58/h2-7,11-14,25,28-34,54H,8-10,15-24,45-46H2,1H3,(H,47,61)(H,48,59)(H,49,60)(H,50,62)(H,51,63)(H,52,64)(H,55,56)(H,57,58)(H,66,67)/t25-,28-,29-,30-,31-,32-,33-,34-/m0/s1. The monoisotopic (exact) mass is 939 g/mol. The molecular weight excluding hydrogens is 879 g/mol. The van der Waals surface area contributed by atoms with Crippen molar-refractivity contribution in [1.82, 2.24) is 36.8 Å². The highest BCUT2D eigenvalue weighted by Crippen LogP contribution is 2.19. The van der Waals surface area contributed by atoms with E-state index in [4.69, 9.17) is 21.7 Å². The first kappa shape index (κ1) is 54.4. The number of benzene rings is 2. The van der Waals surface area contributed by atoms with Crippen molar-refractivity contribution >= 4 is 59.3 Å². The van der Waals surface area contributed by atoms with Crippen LogP contribution in [0.3, 0.4) is 0 Å². The Morgan fingerprint density at radius 3 is 1.66 bits per heavy atom. The van der Waals surface area contributed by atoms with Gasteiger partial charge >= 0.3 is 17.9 Å². The molecule has 0 aromatic heterocycles. The number of carbonyl (C=O) groups excluding carboxylic acids is 7. The van der Waals surface area contributed by atoms with Crippen LogP contribution in [0.15, 0.2) is 60.7 Å². The number of nitrogens with zero attached hydrogens (tertiary/aromatic N) is 1. The van der Waals surface area contributed by atoms with Gasteiger partial charge in [0.2, 0.25) is 41.4 Å². The third-order valence-electron chi connectivity index (χ3n) is 10.8. The quantitative estimate of drug-likeness (QED) is 0.0385. The summed E-state index contributed by atoms with van der Waals surface area (Å²) in [5.41, 5.74) is 12.5. The molecule has 14 N–H and O–H groups in total. The van der Waals surface area contributed by atoms with Crippen molar-refractivity contribution in [3.63, 3.8) is 0 Å². The lowest BCUT2D eigenvalue weighted by atomic mass is 10.0. The van der Waals surface area contributed by atoms with Crippen molar-refractivity contribution < 1.29 is 68.4 Å². The van der Waals surface area contributed by atoms with Crippen molar-refractivity contribution in [1.29, 1.82) is 0 Å². The normalized spacial score (nSPS) is 16.4. The molecule has 0 bridgehead atoms. The van der Waals surface area contributed by atoms with Gasteiger partial charge in [-0.15, -0.1) is 0 Å². The summed E-state index contributed by atoms with van der Waals surface area (Å²) in [4.78, 5) is 130. The average Bonchev–Trinajstić information content (AvgIpc) is 3.79. The Kier molecular flexibility index (Phi) is 22.3. The average molecular weight is 940 g/mol. The van der Waals surface area contributed by atoms with Crippen LogP contribution in [0.1, 0.15) is 69.4 Å². The van der Waals surface area contributed by atoms with Crippen molar-refractivity contribution in [2.24, 2.45) is 11.5 Å². The lowest BCUT2D eigenvalue weighted by molar-refractivity contribution is -0.144. The Morgan fingerprint density at radius 1 is 0.642 bits per heavy atom. The second kappa shape index (κ2) is 27.5. The second-order valence-corrected chi connectivity index (χ2v) is 16.0. The molecule has 67 heavy (non-hydrogen) atoms. The van der Waals surface area contributed by atoms with Gasteiger partial charge in [-0.05, 0) is 63.1 Å². The van der Waals surface area contributed by atoms with Crippen LogP contribution in [0.4, 0.5) is 0 Å². The van der Waals surface area contributed by atoms with Crippen molar-refractivity contribution in [2.45, 2.75) is 119 Å². The minimum atomic E-state index is -1.63. The number of carbonyl (C=O) groups is 10. The molecule has 0 unspecified atom stereocenters. The van der Waals surface area contributed by atoms with Crippen molar-refractivity contribution in [2.75, 3.05) is 19.7 Å². The van der Waals surface area contributed by atoms with E-state index in [1.165, 1.54) is 6.92 Å². The Labute approximate surface area is 386 Å². The molecule has 1 saturated heterocycles. The number of carboxylic acids is 3. The zero-order valence-electron chi connectivity index (χ0n) is 37.1. The molecule has 1 fully saturated rings. The van der Waals surface area contributed by atoms with Gasteiger partial charge in [0.05, 0.1) is 19.1 Å². The Balaban J connectivity index is 1.82. The molecule has 23 heteroatoms. The molecule has 1 aliphatic heterocycles. The summed E-state index contributed by atoms with van der Waals surface area (Å²) < 4.78 is 0. The fourth-order valence-electron chi connectivity index (χ4n) is 7.15.